The highest BCUT2D eigenvalue weighted by molar-refractivity contribution is 5.44. The summed E-state index contributed by atoms with van der Waals surface area (Å²) < 4.78 is 5.69. The Bertz CT molecular complexity index is 682. The predicted octanol–water partition coefficient (Wildman–Crippen LogP) is 5.77. The van der Waals surface area contributed by atoms with E-state index in [1.54, 1.807) is 0 Å². The molecule has 124 valence electrons. The van der Waals surface area contributed by atoms with Gasteiger partial charge in [-0.15, -0.1) is 0 Å². The molecule has 0 aliphatic rings. The number of rotatable bonds is 7. The van der Waals surface area contributed by atoms with Crippen molar-refractivity contribution in [3.05, 3.63) is 77.4 Å². The van der Waals surface area contributed by atoms with Crippen LogP contribution in [-0.4, -0.2) is 6.61 Å². The Morgan fingerprint density at radius 2 is 1.46 bits per heavy atom. The Morgan fingerprint density at radius 3 is 2.04 bits per heavy atom. The van der Waals surface area contributed by atoms with Gasteiger partial charge in [0, 0.05) is 11.1 Å². The molecule has 1 nitrogen and oxygen atoms in total. The van der Waals surface area contributed by atoms with Crippen LogP contribution < -0.4 is 4.74 Å². The van der Waals surface area contributed by atoms with E-state index in [-0.39, 0.29) is 0 Å². The molecule has 0 amide bonds. The summed E-state index contributed by atoms with van der Waals surface area (Å²) in [4.78, 5) is 0. The Hall–Kier alpha value is -2.46. The number of aryl methyl sites for hydroxylation is 1. The largest absolute Gasteiger partial charge is 0.490 e. The Morgan fingerprint density at radius 1 is 0.833 bits per heavy atom. The van der Waals surface area contributed by atoms with Crippen LogP contribution in [0.25, 0.3) is 0 Å². The summed E-state index contributed by atoms with van der Waals surface area (Å²) in [5.41, 5.74) is 3.39. The topological polar surface area (TPSA) is 9.23 Å². The Labute approximate surface area is 146 Å². The lowest BCUT2D eigenvalue weighted by atomic mass is 10.1. The highest BCUT2D eigenvalue weighted by atomic mass is 16.5. The molecule has 0 saturated heterocycles. The minimum Gasteiger partial charge on any atom is -0.490 e. The van der Waals surface area contributed by atoms with Crippen LogP contribution in [0, 0.1) is 11.8 Å². The van der Waals surface area contributed by atoms with Crippen molar-refractivity contribution in [1.29, 1.82) is 0 Å². The summed E-state index contributed by atoms with van der Waals surface area (Å²) >= 11 is 0. The lowest BCUT2D eigenvalue weighted by Gasteiger charge is -2.02. The molecule has 0 fully saturated rings. The maximum atomic E-state index is 5.69. The lowest BCUT2D eigenvalue weighted by molar-refractivity contribution is 0.362. The maximum Gasteiger partial charge on any atom is 0.119 e. The molecule has 0 aliphatic carbocycles. The molecule has 0 aliphatic heterocycles. The molecule has 0 heterocycles. The summed E-state index contributed by atoms with van der Waals surface area (Å²) in [5.74, 6) is 7.28. The molecule has 0 aromatic heterocycles. The first-order chi connectivity index (χ1) is 11.8. The molecular formula is C23H26O. The van der Waals surface area contributed by atoms with Crippen molar-refractivity contribution in [3.8, 4) is 17.6 Å². The van der Waals surface area contributed by atoms with E-state index in [4.69, 9.17) is 4.74 Å². The minimum atomic E-state index is 0.624. The van der Waals surface area contributed by atoms with Crippen LogP contribution in [0.2, 0.25) is 0 Å². The molecule has 0 spiro atoms. The van der Waals surface area contributed by atoms with Crippen molar-refractivity contribution < 1.29 is 4.74 Å². The first kappa shape index (κ1) is 17.9. The third-order valence-corrected chi connectivity index (χ3v) is 3.80. The number of benzene rings is 2. The number of unbranched alkanes of at least 4 members (excludes halogenated alkanes) is 2. The molecule has 0 saturated carbocycles. The second kappa shape index (κ2) is 10.3. The van der Waals surface area contributed by atoms with Gasteiger partial charge in [0.15, 0.2) is 0 Å². The average Bonchev–Trinajstić information content (AvgIpc) is 2.64. The van der Waals surface area contributed by atoms with Crippen LogP contribution in [0.5, 0.6) is 5.75 Å². The smallest absolute Gasteiger partial charge is 0.119 e. The molecule has 24 heavy (non-hydrogen) atoms. The van der Waals surface area contributed by atoms with Gasteiger partial charge in [0.2, 0.25) is 0 Å². The van der Waals surface area contributed by atoms with Gasteiger partial charge in [-0.3, -0.25) is 0 Å². The zero-order chi connectivity index (χ0) is 17.0. The van der Waals surface area contributed by atoms with E-state index in [0.717, 1.165) is 29.7 Å². The van der Waals surface area contributed by atoms with Crippen LogP contribution in [0.1, 0.15) is 49.8 Å². The van der Waals surface area contributed by atoms with E-state index >= 15 is 0 Å². The van der Waals surface area contributed by atoms with E-state index in [1.807, 2.05) is 24.3 Å². The first-order valence-corrected chi connectivity index (χ1v) is 8.80. The highest BCUT2D eigenvalue weighted by Gasteiger charge is 1.93. The van der Waals surface area contributed by atoms with Crippen LogP contribution in [-0.2, 0) is 6.42 Å². The third kappa shape index (κ3) is 6.34. The van der Waals surface area contributed by atoms with Crippen molar-refractivity contribution >= 4 is 0 Å². The van der Waals surface area contributed by atoms with Gasteiger partial charge in [0.25, 0.3) is 0 Å². The van der Waals surface area contributed by atoms with E-state index in [2.05, 4.69) is 62.1 Å². The van der Waals surface area contributed by atoms with Gasteiger partial charge in [-0.1, -0.05) is 62.8 Å². The fourth-order valence-electron chi connectivity index (χ4n) is 2.25. The minimum absolute atomic E-state index is 0.624. The fraction of sp³-hybridized carbons (Fsp3) is 0.304. The van der Waals surface area contributed by atoms with Gasteiger partial charge < -0.3 is 4.74 Å². The van der Waals surface area contributed by atoms with Crippen LogP contribution in [0.4, 0.5) is 0 Å². The first-order valence-electron chi connectivity index (χ1n) is 8.80. The van der Waals surface area contributed by atoms with Crippen LogP contribution >= 0.6 is 0 Å². The van der Waals surface area contributed by atoms with Crippen molar-refractivity contribution in [2.75, 3.05) is 6.61 Å². The highest BCUT2D eigenvalue weighted by Crippen LogP contribution is 2.12. The SMILES string of the molecule is CCCCC=CCOc1ccc(C#Cc2ccc(CC)cc2)cc1. The predicted molar refractivity (Wildman–Crippen MR) is 102 cm³/mol. The van der Waals surface area contributed by atoms with Crippen molar-refractivity contribution in [2.24, 2.45) is 0 Å². The second-order valence-corrected chi connectivity index (χ2v) is 5.75. The molecule has 0 unspecified atom stereocenters. The van der Waals surface area contributed by atoms with E-state index in [1.165, 1.54) is 18.4 Å². The van der Waals surface area contributed by atoms with Crippen molar-refractivity contribution in [3.63, 3.8) is 0 Å². The summed E-state index contributed by atoms with van der Waals surface area (Å²) in [6, 6.07) is 16.4. The Balaban J connectivity index is 1.85. The van der Waals surface area contributed by atoms with Gasteiger partial charge in [0.05, 0.1) is 0 Å². The number of allylic oxidation sites excluding steroid dienone is 1. The zero-order valence-corrected chi connectivity index (χ0v) is 14.7. The summed E-state index contributed by atoms with van der Waals surface area (Å²) in [6.45, 7) is 4.98. The molecular weight excluding hydrogens is 292 g/mol. The summed E-state index contributed by atoms with van der Waals surface area (Å²) in [5, 5.41) is 0. The van der Waals surface area contributed by atoms with Gasteiger partial charge in [-0.2, -0.15) is 0 Å². The monoisotopic (exact) mass is 318 g/mol. The maximum absolute atomic E-state index is 5.69. The Kier molecular flexibility index (Phi) is 7.71. The molecule has 0 atom stereocenters. The van der Waals surface area contributed by atoms with Gasteiger partial charge in [0.1, 0.15) is 12.4 Å². The molecule has 2 rings (SSSR count). The van der Waals surface area contributed by atoms with Gasteiger partial charge in [-0.05, 0) is 54.8 Å². The number of hydrogen-bond acceptors (Lipinski definition) is 1. The van der Waals surface area contributed by atoms with Crippen LogP contribution in [0.15, 0.2) is 60.7 Å². The lowest BCUT2D eigenvalue weighted by Crippen LogP contribution is -1.93. The van der Waals surface area contributed by atoms with Crippen molar-refractivity contribution in [1.82, 2.24) is 0 Å². The molecule has 1 heteroatoms. The fourth-order valence-corrected chi connectivity index (χ4v) is 2.25. The average molecular weight is 318 g/mol. The van der Waals surface area contributed by atoms with E-state index in [0.29, 0.717) is 6.61 Å². The third-order valence-electron chi connectivity index (χ3n) is 3.80. The van der Waals surface area contributed by atoms with Gasteiger partial charge >= 0.3 is 0 Å². The number of ether oxygens (including phenoxy) is 1. The summed E-state index contributed by atoms with van der Waals surface area (Å²) in [7, 11) is 0. The zero-order valence-electron chi connectivity index (χ0n) is 14.7. The standard InChI is InChI=1S/C23H26O/c1-3-5-6-7-8-19-24-23-17-15-22(16-18-23)14-13-21-11-9-20(4-2)10-12-21/h7-12,15-18H,3-6,19H2,1-2H3. The molecule has 0 radical (unpaired) electrons. The number of hydrogen-bond donors (Lipinski definition) is 0. The summed E-state index contributed by atoms with van der Waals surface area (Å²) in [6.07, 6.45) is 8.94. The normalized spacial score (nSPS) is 10.4. The second-order valence-electron chi connectivity index (χ2n) is 5.75. The molecule has 0 N–H and O–H groups in total. The quantitative estimate of drug-likeness (QED) is 0.357. The molecule has 2 aromatic carbocycles. The van der Waals surface area contributed by atoms with Crippen LogP contribution in [0.3, 0.4) is 0 Å². The van der Waals surface area contributed by atoms with E-state index in [9.17, 15) is 0 Å². The van der Waals surface area contributed by atoms with Crippen molar-refractivity contribution in [2.45, 2.75) is 39.5 Å². The van der Waals surface area contributed by atoms with E-state index < -0.39 is 0 Å². The van der Waals surface area contributed by atoms with Gasteiger partial charge in [-0.25, -0.2) is 0 Å². The molecule has 2 aromatic rings. The molecule has 0 bridgehead atoms.